The quantitative estimate of drug-likeness (QED) is 0.496. The van der Waals surface area contributed by atoms with Gasteiger partial charge in [0.15, 0.2) is 0 Å². The third-order valence-electron chi connectivity index (χ3n) is 1.96. The zero-order valence-electron chi connectivity index (χ0n) is 4.78. The molecular formula is C7H9N. The summed E-state index contributed by atoms with van der Waals surface area (Å²) in [6, 6.07) is 0. The van der Waals surface area contributed by atoms with E-state index >= 15 is 0 Å². The van der Waals surface area contributed by atoms with Gasteiger partial charge in [-0.2, -0.15) is 0 Å². The lowest BCUT2D eigenvalue weighted by molar-refractivity contribution is 1.01. The van der Waals surface area contributed by atoms with E-state index in [4.69, 9.17) is 5.73 Å². The topological polar surface area (TPSA) is 26.0 Å². The van der Waals surface area contributed by atoms with Crippen molar-refractivity contribution in [2.45, 2.75) is 19.3 Å². The molecule has 2 N–H and O–H groups in total. The van der Waals surface area contributed by atoms with E-state index in [2.05, 4.69) is 6.08 Å². The van der Waals surface area contributed by atoms with Crippen molar-refractivity contribution < 1.29 is 0 Å². The van der Waals surface area contributed by atoms with Crippen molar-refractivity contribution in [3.8, 4) is 0 Å². The van der Waals surface area contributed by atoms with Gasteiger partial charge in [-0.1, -0.05) is 5.57 Å². The molecule has 2 bridgehead atoms. The van der Waals surface area contributed by atoms with Gasteiger partial charge in [-0.15, -0.1) is 0 Å². The predicted octanol–water partition coefficient (Wildman–Crippen LogP) is 1.32. The number of hydrogen-bond donors (Lipinski definition) is 1. The molecule has 8 heavy (non-hydrogen) atoms. The molecule has 1 fully saturated rings. The summed E-state index contributed by atoms with van der Waals surface area (Å²) >= 11 is 0. The standard InChI is InChI=1S/C7H9N/c8-7-4-5-1-2-6(7)3-5/h4H,1-3,8H2. The van der Waals surface area contributed by atoms with E-state index in [1.807, 2.05) is 0 Å². The van der Waals surface area contributed by atoms with Gasteiger partial charge in [0.25, 0.3) is 0 Å². The summed E-state index contributed by atoms with van der Waals surface area (Å²) in [6.45, 7) is 0. The molecule has 0 aromatic heterocycles. The maximum absolute atomic E-state index is 5.62. The van der Waals surface area contributed by atoms with Crippen molar-refractivity contribution in [1.29, 1.82) is 0 Å². The molecule has 0 saturated heterocycles. The lowest BCUT2D eigenvalue weighted by Gasteiger charge is -1.96. The van der Waals surface area contributed by atoms with Crippen molar-refractivity contribution >= 4 is 0 Å². The summed E-state index contributed by atoms with van der Waals surface area (Å²) in [6.07, 6.45) is 5.82. The molecule has 2 aliphatic rings. The van der Waals surface area contributed by atoms with Gasteiger partial charge in [0.1, 0.15) is 0 Å². The van der Waals surface area contributed by atoms with E-state index in [-0.39, 0.29) is 0 Å². The first kappa shape index (κ1) is 4.19. The van der Waals surface area contributed by atoms with Gasteiger partial charge in [-0.05, 0) is 30.9 Å². The van der Waals surface area contributed by atoms with E-state index in [0.717, 1.165) is 5.70 Å². The number of rotatable bonds is 0. The molecule has 0 aromatic rings. The van der Waals surface area contributed by atoms with Gasteiger partial charge in [0.2, 0.25) is 0 Å². The van der Waals surface area contributed by atoms with Crippen LogP contribution in [0, 0.1) is 0 Å². The Morgan fingerprint density at radius 2 is 2.25 bits per heavy atom. The summed E-state index contributed by atoms with van der Waals surface area (Å²) in [4.78, 5) is 0. The minimum atomic E-state index is 1.05. The predicted molar refractivity (Wildman–Crippen MR) is 33.1 cm³/mol. The average molecular weight is 107 g/mol. The molecule has 0 unspecified atom stereocenters. The minimum absolute atomic E-state index is 1.05. The highest BCUT2D eigenvalue weighted by Crippen LogP contribution is 2.36. The van der Waals surface area contributed by atoms with Crippen LogP contribution < -0.4 is 5.73 Å². The molecular weight excluding hydrogens is 98.1 g/mol. The lowest BCUT2D eigenvalue weighted by Crippen LogP contribution is -1.95. The first-order valence-corrected chi connectivity index (χ1v) is 3.03. The van der Waals surface area contributed by atoms with E-state index in [1.54, 1.807) is 0 Å². The maximum atomic E-state index is 5.62. The van der Waals surface area contributed by atoms with E-state index in [1.165, 1.54) is 30.4 Å². The number of allylic oxidation sites excluding steroid dienone is 3. The molecule has 0 radical (unpaired) electrons. The summed E-state index contributed by atoms with van der Waals surface area (Å²) in [5.74, 6) is 0. The summed E-state index contributed by atoms with van der Waals surface area (Å²) in [5.41, 5.74) is 9.68. The van der Waals surface area contributed by atoms with Gasteiger partial charge in [-0.3, -0.25) is 0 Å². The minimum Gasteiger partial charge on any atom is -0.399 e. The van der Waals surface area contributed by atoms with Crippen LogP contribution >= 0.6 is 0 Å². The van der Waals surface area contributed by atoms with Crippen molar-refractivity contribution in [3.05, 3.63) is 22.9 Å². The third kappa shape index (κ3) is 0.365. The summed E-state index contributed by atoms with van der Waals surface area (Å²) < 4.78 is 0. The highest BCUT2D eigenvalue weighted by Gasteiger charge is 2.19. The van der Waals surface area contributed by atoms with Gasteiger partial charge in [0.05, 0.1) is 0 Å². The van der Waals surface area contributed by atoms with Gasteiger partial charge in [-0.25, -0.2) is 0 Å². The molecule has 0 spiro atoms. The second kappa shape index (κ2) is 1.16. The maximum Gasteiger partial charge on any atom is 0.0308 e. The van der Waals surface area contributed by atoms with Crippen LogP contribution in [0.2, 0.25) is 0 Å². The van der Waals surface area contributed by atoms with Crippen molar-refractivity contribution in [2.75, 3.05) is 0 Å². The lowest BCUT2D eigenvalue weighted by atomic mass is 10.2. The van der Waals surface area contributed by atoms with Crippen molar-refractivity contribution in [1.82, 2.24) is 0 Å². The van der Waals surface area contributed by atoms with E-state index < -0.39 is 0 Å². The molecule has 2 aliphatic carbocycles. The SMILES string of the molecule is NC1=C2CCC(=C1)C2. The summed E-state index contributed by atoms with van der Waals surface area (Å²) in [7, 11) is 0. The van der Waals surface area contributed by atoms with Crippen LogP contribution in [0.15, 0.2) is 22.9 Å². The fraction of sp³-hybridized carbons (Fsp3) is 0.429. The van der Waals surface area contributed by atoms with Crippen LogP contribution in [0.4, 0.5) is 0 Å². The van der Waals surface area contributed by atoms with E-state index in [0.29, 0.717) is 0 Å². The molecule has 2 rings (SSSR count). The van der Waals surface area contributed by atoms with Crippen LogP contribution in [0.25, 0.3) is 0 Å². The average Bonchev–Trinajstić information content (AvgIpc) is 2.23. The van der Waals surface area contributed by atoms with Gasteiger partial charge in [0, 0.05) is 5.70 Å². The summed E-state index contributed by atoms with van der Waals surface area (Å²) in [5, 5.41) is 0. The largest absolute Gasteiger partial charge is 0.399 e. The Labute approximate surface area is 48.9 Å². The molecule has 42 valence electrons. The molecule has 0 atom stereocenters. The van der Waals surface area contributed by atoms with Crippen molar-refractivity contribution in [3.63, 3.8) is 0 Å². The van der Waals surface area contributed by atoms with E-state index in [9.17, 15) is 0 Å². The van der Waals surface area contributed by atoms with Crippen LogP contribution in [0.1, 0.15) is 19.3 Å². The Morgan fingerprint density at radius 1 is 1.38 bits per heavy atom. The van der Waals surface area contributed by atoms with Crippen LogP contribution in [-0.2, 0) is 0 Å². The first-order valence-electron chi connectivity index (χ1n) is 3.03. The number of hydrogen-bond acceptors (Lipinski definition) is 1. The van der Waals surface area contributed by atoms with Crippen LogP contribution in [0.5, 0.6) is 0 Å². The van der Waals surface area contributed by atoms with Gasteiger partial charge >= 0.3 is 0 Å². The second-order valence-corrected chi connectivity index (χ2v) is 2.54. The fourth-order valence-corrected chi connectivity index (χ4v) is 1.45. The Morgan fingerprint density at radius 3 is 2.50 bits per heavy atom. The molecule has 1 nitrogen and oxygen atoms in total. The monoisotopic (exact) mass is 107 g/mol. The highest BCUT2D eigenvalue weighted by atomic mass is 14.6. The smallest absolute Gasteiger partial charge is 0.0308 e. The molecule has 1 saturated carbocycles. The Kier molecular flexibility index (Phi) is 0.608. The number of fused-ring (bicyclic) bond motifs is 2. The normalized spacial score (nSPS) is 24.8. The third-order valence-corrected chi connectivity index (χ3v) is 1.96. The van der Waals surface area contributed by atoms with Crippen LogP contribution in [0.3, 0.4) is 0 Å². The number of nitrogens with two attached hydrogens (primary N) is 1. The zero-order valence-corrected chi connectivity index (χ0v) is 4.78. The van der Waals surface area contributed by atoms with Crippen molar-refractivity contribution in [2.24, 2.45) is 5.73 Å². The zero-order chi connectivity index (χ0) is 5.56. The first-order chi connectivity index (χ1) is 3.86. The molecule has 0 amide bonds. The molecule has 0 heterocycles. The highest BCUT2D eigenvalue weighted by molar-refractivity contribution is 5.41. The van der Waals surface area contributed by atoms with Gasteiger partial charge < -0.3 is 5.73 Å². The van der Waals surface area contributed by atoms with Crippen LogP contribution in [-0.4, -0.2) is 0 Å². The molecule has 1 heteroatoms. The molecule has 0 aliphatic heterocycles. The Bertz CT molecular complexity index is 187. The molecule has 0 aromatic carbocycles. The Balaban J connectivity index is 2.47. The second-order valence-electron chi connectivity index (χ2n) is 2.54. The Hall–Kier alpha value is -0.720. The fourth-order valence-electron chi connectivity index (χ4n) is 1.45.